The molecule has 6 nitrogen and oxygen atoms in total. The van der Waals surface area contributed by atoms with Gasteiger partial charge in [0, 0.05) is 24.8 Å². The lowest BCUT2D eigenvalue weighted by Crippen LogP contribution is -2.36. The van der Waals surface area contributed by atoms with Gasteiger partial charge in [0.1, 0.15) is 6.04 Å². The maximum Gasteiger partial charge on any atom is 0.252 e. The Labute approximate surface area is 152 Å². The Kier molecular flexibility index (Phi) is 5.31. The Bertz CT molecular complexity index is 803. The van der Waals surface area contributed by atoms with Crippen molar-refractivity contribution >= 4 is 29.1 Å². The topological polar surface area (TPSA) is 78.5 Å². The molecular formula is C20H21N3O3. The fourth-order valence-corrected chi connectivity index (χ4v) is 2.97. The average Bonchev–Trinajstić information content (AvgIpc) is 2.89. The molecule has 0 unspecified atom stereocenters. The van der Waals surface area contributed by atoms with Crippen molar-refractivity contribution in [1.82, 2.24) is 4.90 Å². The number of imide groups is 1. The van der Waals surface area contributed by atoms with Gasteiger partial charge in [-0.3, -0.25) is 19.3 Å². The Morgan fingerprint density at radius 3 is 2.35 bits per heavy atom. The van der Waals surface area contributed by atoms with E-state index in [-0.39, 0.29) is 24.1 Å². The monoisotopic (exact) mass is 351 g/mol. The van der Waals surface area contributed by atoms with Crippen molar-refractivity contribution < 1.29 is 14.4 Å². The summed E-state index contributed by atoms with van der Waals surface area (Å²) >= 11 is 0. The standard InChI is InChI=1S/C20H21N3O3/c1-14(24)21-16-7-9-17(10-8-16)22-18-13-19(25)23(20(18)26)12-11-15-5-3-2-4-6-15/h2-10,18,22H,11-13H2,1H3,(H,21,24)/t18-/m1/s1. The predicted molar refractivity (Wildman–Crippen MR) is 99.6 cm³/mol. The van der Waals surface area contributed by atoms with E-state index in [4.69, 9.17) is 0 Å². The molecule has 1 aliphatic heterocycles. The average molecular weight is 351 g/mol. The fraction of sp³-hybridized carbons (Fsp3) is 0.250. The van der Waals surface area contributed by atoms with E-state index in [1.54, 1.807) is 24.3 Å². The molecular weight excluding hydrogens is 330 g/mol. The van der Waals surface area contributed by atoms with Crippen LogP contribution in [0, 0.1) is 0 Å². The van der Waals surface area contributed by atoms with Crippen molar-refractivity contribution in [3.63, 3.8) is 0 Å². The maximum atomic E-state index is 12.5. The zero-order valence-corrected chi connectivity index (χ0v) is 14.6. The van der Waals surface area contributed by atoms with Crippen LogP contribution in [-0.2, 0) is 20.8 Å². The van der Waals surface area contributed by atoms with Crippen molar-refractivity contribution in [2.45, 2.75) is 25.8 Å². The van der Waals surface area contributed by atoms with Crippen molar-refractivity contribution in [2.75, 3.05) is 17.2 Å². The van der Waals surface area contributed by atoms with Crippen LogP contribution in [0.5, 0.6) is 0 Å². The molecule has 0 saturated carbocycles. The zero-order valence-electron chi connectivity index (χ0n) is 14.6. The highest BCUT2D eigenvalue weighted by Crippen LogP contribution is 2.20. The van der Waals surface area contributed by atoms with Crippen molar-refractivity contribution in [2.24, 2.45) is 0 Å². The first-order valence-electron chi connectivity index (χ1n) is 8.55. The third-order valence-electron chi connectivity index (χ3n) is 4.26. The normalized spacial score (nSPS) is 16.7. The largest absolute Gasteiger partial charge is 0.373 e. The summed E-state index contributed by atoms with van der Waals surface area (Å²) < 4.78 is 0. The third kappa shape index (κ3) is 4.27. The minimum Gasteiger partial charge on any atom is -0.373 e. The number of nitrogens with one attached hydrogen (secondary N) is 2. The van der Waals surface area contributed by atoms with Crippen LogP contribution in [0.2, 0.25) is 0 Å². The van der Waals surface area contributed by atoms with Gasteiger partial charge in [0.2, 0.25) is 11.8 Å². The molecule has 1 aliphatic rings. The van der Waals surface area contributed by atoms with E-state index in [9.17, 15) is 14.4 Å². The first kappa shape index (κ1) is 17.7. The van der Waals surface area contributed by atoms with Gasteiger partial charge in [-0.1, -0.05) is 30.3 Å². The highest BCUT2D eigenvalue weighted by Gasteiger charge is 2.38. The summed E-state index contributed by atoms with van der Waals surface area (Å²) in [5, 5.41) is 5.79. The number of benzene rings is 2. The first-order valence-corrected chi connectivity index (χ1v) is 8.55. The van der Waals surface area contributed by atoms with Crippen molar-refractivity contribution in [1.29, 1.82) is 0 Å². The molecule has 0 spiro atoms. The van der Waals surface area contributed by atoms with E-state index >= 15 is 0 Å². The van der Waals surface area contributed by atoms with Gasteiger partial charge in [-0.25, -0.2) is 0 Å². The third-order valence-corrected chi connectivity index (χ3v) is 4.26. The number of nitrogens with zero attached hydrogens (tertiary/aromatic N) is 1. The number of hydrogen-bond acceptors (Lipinski definition) is 4. The summed E-state index contributed by atoms with van der Waals surface area (Å²) in [6.45, 7) is 1.83. The highest BCUT2D eigenvalue weighted by molar-refractivity contribution is 6.06. The molecule has 0 aliphatic carbocycles. The number of hydrogen-bond donors (Lipinski definition) is 2. The van der Waals surface area contributed by atoms with Crippen LogP contribution >= 0.6 is 0 Å². The van der Waals surface area contributed by atoms with Crippen molar-refractivity contribution in [3.05, 3.63) is 60.2 Å². The van der Waals surface area contributed by atoms with Crippen LogP contribution in [0.25, 0.3) is 0 Å². The van der Waals surface area contributed by atoms with Gasteiger partial charge in [0.05, 0.1) is 6.42 Å². The highest BCUT2D eigenvalue weighted by atomic mass is 16.2. The molecule has 26 heavy (non-hydrogen) atoms. The summed E-state index contributed by atoms with van der Waals surface area (Å²) in [4.78, 5) is 37.1. The number of carbonyl (C=O) groups excluding carboxylic acids is 3. The second-order valence-electron chi connectivity index (χ2n) is 6.28. The summed E-state index contributed by atoms with van der Waals surface area (Å²) in [5.41, 5.74) is 2.51. The molecule has 0 radical (unpaired) electrons. The molecule has 1 atom stereocenters. The first-order chi connectivity index (χ1) is 12.5. The summed E-state index contributed by atoms with van der Waals surface area (Å²) in [6, 6.07) is 16.3. The molecule has 3 amide bonds. The van der Waals surface area contributed by atoms with Gasteiger partial charge >= 0.3 is 0 Å². The number of anilines is 2. The SMILES string of the molecule is CC(=O)Nc1ccc(N[C@@H]2CC(=O)N(CCc3ccccc3)C2=O)cc1. The Morgan fingerprint density at radius 1 is 1.04 bits per heavy atom. The van der Waals surface area contributed by atoms with E-state index in [0.717, 1.165) is 11.3 Å². The van der Waals surface area contributed by atoms with E-state index < -0.39 is 6.04 Å². The maximum absolute atomic E-state index is 12.5. The molecule has 0 bridgehead atoms. The van der Waals surface area contributed by atoms with E-state index in [1.165, 1.54) is 11.8 Å². The Balaban J connectivity index is 1.58. The summed E-state index contributed by atoms with van der Waals surface area (Å²) in [7, 11) is 0. The molecule has 1 fully saturated rings. The molecule has 2 aromatic rings. The molecule has 2 N–H and O–H groups in total. The molecule has 2 aromatic carbocycles. The van der Waals surface area contributed by atoms with Crippen LogP contribution in [0.15, 0.2) is 54.6 Å². The number of carbonyl (C=O) groups is 3. The minimum atomic E-state index is -0.551. The van der Waals surface area contributed by atoms with E-state index in [0.29, 0.717) is 18.7 Å². The molecule has 3 rings (SSSR count). The summed E-state index contributed by atoms with van der Waals surface area (Å²) in [5.74, 6) is -0.494. The van der Waals surface area contributed by atoms with Gasteiger partial charge in [-0.2, -0.15) is 0 Å². The molecule has 0 aromatic heterocycles. The quantitative estimate of drug-likeness (QED) is 0.784. The smallest absolute Gasteiger partial charge is 0.252 e. The molecule has 134 valence electrons. The Hall–Kier alpha value is -3.15. The van der Waals surface area contributed by atoms with E-state index in [2.05, 4.69) is 10.6 Å². The van der Waals surface area contributed by atoms with Crippen LogP contribution < -0.4 is 10.6 Å². The Morgan fingerprint density at radius 2 is 1.69 bits per heavy atom. The van der Waals surface area contributed by atoms with Crippen LogP contribution in [0.4, 0.5) is 11.4 Å². The molecule has 6 heteroatoms. The van der Waals surface area contributed by atoms with Crippen LogP contribution in [0.1, 0.15) is 18.9 Å². The lowest BCUT2D eigenvalue weighted by Gasteiger charge is -2.16. The van der Waals surface area contributed by atoms with Gasteiger partial charge in [-0.15, -0.1) is 0 Å². The summed E-state index contributed by atoms with van der Waals surface area (Å²) in [6.07, 6.45) is 0.803. The second-order valence-corrected chi connectivity index (χ2v) is 6.28. The lowest BCUT2D eigenvalue weighted by atomic mass is 10.1. The number of rotatable bonds is 6. The minimum absolute atomic E-state index is 0.142. The number of likely N-dealkylation sites (tertiary alicyclic amines) is 1. The van der Waals surface area contributed by atoms with Gasteiger partial charge in [0.15, 0.2) is 0 Å². The molecule has 1 saturated heterocycles. The fourth-order valence-electron chi connectivity index (χ4n) is 2.97. The molecule has 1 heterocycles. The van der Waals surface area contributed by atoms with Crippen LogP contribution in [-0.4, -0.2) is 35.2 Å². The lowest BCUT2D eigenvalue weighted by molar-refractivity contribution is -0.138. The van der Waals surface area contributed by atoms with Gasteiger partial charge < -0.3 is 10.6 Å². The van der Waals surface area contributed by atoms with Crippen LogP contribution in [0.3, 0.4) is 0 Å². The van der Waals surface area contributed by atoms with Gasteiger partial charge in [0.25, 0.3) is 5.91 Å². The zero-order chi connectivity index (χ0) is 18.5. The number of amides is 3. The van der Waals surface area contributed by atoms with E-state index in [1.807, 2.05) is 30.3 Å². The van der Waals surface area contributed by atoms with Crippen molar-refractivity contribution in [3.8, 4) is 0 Å². The second kappa shape index (κ2) is 7.82. The predicted octanol–water partition coefficient (Wildman–Crippen LogP) is 2.43. The van der Waals surface area contributed by atoms with Gasteiger partial charge in [-0.05, 0) is 36.2 Å².